The van der Waals surface area contributed by atoms with Crippen LogP contribution in [0.5, 0.6) is 0 Å². The molecule has 2 saturated heterocycles. The number of carbonyl (C=O) groups is 1. The van der Waals surface area contributed by atoms with Gasteiger partial charge in [0.25, 0.3) is 0 Å². The average molecular weight is 340 g/mol. The van der Waals surface area contributed by atoms with Gasteiger partial charge in [0.1, 0.15) is 0 Å². The van der Waals surface area contributed by atoms with Gasteiger partial charge in [-0.15, -0.1) is 0 Å². The van der Waals surface area contributed by atoms with Crippen LogP contribution in [-0.4, -0.2) is 42.4 Å². The molecule has 0 spiro atoms. The third-order valence-corrected chi connectivity index (χ3v) is 5.65. The largest absolute Gasteiger partial charge is 0.469 e. The lowest BCUT2D eigenvalue weighted by molar-refractivity contribution is -0.150. The van der Waals surface area contributed by atoms with Crippen molar-refractivity contribution in [2.75, 3.05) is 19.4 Å². The minimum atomic E-state index is -0.0928. The van der Waals surface area contributed by atoms with Crippen LogP contribution in [-0.2, 0) is 9.53 Å². The predicted octanol–water partition coefficient (Wildman–Crippen LogP) is 3.38. The molecule has 2 aliphatic heterocycles. The van der Waals surface area contributed by atoms with Gasteiger partial charge in [0.2, 0.25) is 0 Å². The summed E-state index contributed by atoms with van der Waals surface area (Å²) in [5.74, 6) is 0.865. The van der Waals surface area contributed by atoms with E-state index in [1.54, 1.807) is 0 Å². The molecule has 0 aliphatic carbocycles. The summed E-state index contributed by atoms with van der Waals surface area (Å²) in [6.45, 7) is 0.944. The Balaban J connectivity index is 1.92. The molecule has 3 rings (SSSR count). The molecule has 0 aromatic heterocycles. The number of halogens is 1. The number of benzene rings is 1. The van der Waals surface area contributed by atoms with Crippen molar-refractivity contribution in [1.82, 2.24) is 4.90 Å². The number of fused-ring (bicyclic) bond motifs is 2. The van der Waals surface area contributed by atoms with E-state index in [1.165, 1.54) is 12.7 Å². The topological polar surface area (TPSA) is 29.5 Å². The number of methoxy groups -OCH3 is 1. The van der Waals surface area contributed by atoms with Crippen molar-refractivity contribution in [1.29, 1.82) is 0 Å². The van der Waals surface area contributed by atoms with Crippen molar-refractivity contribution in [2.45, 2.75) is 37.3 Å². The number of esters is 1. The van der Waals surface area contributed by atoms with Gasteiger partial charge in [0, 0.05) is 35.3 Å². The third-order valence-electron chi connectivity index (χ3n) is 5.19. The number of rotatable bonds is 4. The fourth-order valence-electron chi connectivity index (χ4n) is 4.29. The molecule has 22 heavy (non-hydrogen) atoms. The highest BCUT2D eigenvalue weighted by Crippen LogP contribution is 2.47. The molecule has 2 fully saturated rings. The van der Waals surface area contributed by atoms with Crippen LogP contribution in [0.25, 0.3) is 0 Å². The maximum Gasteiger partial charge on any atom is 0.310 e. The smallest absolute Gasteiger partial charge is 0.310 e. The summed E-state index contributed by atoms with van der Waals surface area (Å²) >= 11 is 10.4. The van der Waals surface area contributed by atoms with Crippen molar-refractivity contribution in [3.8, 4) is 0 Å². The zero-order valence-corrected chi connectivity index (χ0v) is 14.4. The molecule has 0 radical (unpaired) electrons. The molecule has 120 valence electrons. The first-order chi connectivity index (χ1) is 10.7. The van der Waals surface area contributed by atoms with E-state index in [0.717, 1.165) is 36.6 Å². The highest BCUT2D eigenvalue weighted by Gasteiger charge is 2.50. The van der Waals surface area contributed by atoms with E-state index in [4.69, 9.17) is 16.3 Å². The minimum absolute atomic E-state index is 0.0885. The Bertz CT molecular complexity index is 536. The second-order valence-corrected chi connectivity index (χ2v) is 7.09. The maximum atomic E-state index is 12.5. The molecule has 3 nitrogen and oxygen atoms in total. The third kappa shape index (κ3) is 2.89. The van der Waals surface area contributed by atoms with Crippen molar-refractivity contribution in [3.63, 3.8) is 0 Å². The average Bonchev–Trinajstić information content (AvgIpc) is 2.80. The molecule has 2 aliphatic rings. The minimum Gasteiger partial charge on any atom is -0.469 e. The molecular formula is C17H22ClNO2S. The summed E-state index contributed by atoms with van der Waals surface area (Å²) in [5.41, 5.74) is 1.20. The maximum absolute atomic E-state index is 12.5. The lowest BCUT2D eigenvalue weighted by atomic mass is 9.76. The summed E-state index contributed by atoms with van der Waals surface area (Å²) in [6.07, 6.45) is 3.24. The number of carbonyl (C=O) groups excluding carboxylic acids is 1. The normalized spacial score (nSPS) is 31.2. The first-order valence-electron chi connectivity index (χ1n) is 7.85. The van der Waals surface area contributed by atoms with Crippen molar-refractivity contribution < 1.29 is 9.53 Å². The molecule has 1 aromatic carbocycles. The van der Waals surface area contributed by atoms with Crippen LogP contribution >= 0.6 is 24.2 Å². The van der Waals surface area contributed by atoms with Crippen molar-refractivity contribution in [3.05, 3.63) is 34.9 Å². The van der Waals surface area contributed by atoms with E-state index in [2.05, 4.69) is 29.7 Å². The van der Waals surface area contributed by atoms with E-state index < -0.39 is 0 Å². The Hall–Kier alpha value is -0.710. The summed E-state index contributed by atoms with van der Waals surface area (Å²) in [4.78, 5) is 14.9. The number of piperidine rings is 1. The summed E-state index contributed by atoms with van der Waals surface area (Å²) in [5, 5.41) is 0.730. The molecule has 4 unspecified atom stereocenters. The zero-order valence-electron chi connectivity index (χ0n) is 12.7. The molecule has 0 saturated carbocycles. The van der Waals surface area contributed by atoms with Crippen LogP contribution in [0.15, 0.2) is 24.3 Å². The van der Waals surface area contributed by atoms with E-state index in [9.17, 15) is 4.79 Å². The highest BCUT2D eigenvalue weighted by atomic mass is 35.5. The predicted molar refractivity (Wildman–Crippen MR) is 91.7 cm³/mol. The van der Waals surface area contributed by atoms with Gasteiger partial charge >= 0.3 is 5.97 Å². The van der Waals surface area contributed by atoms with E-state index >= 15 is 0 Å². The monoisotopic (exact) mass is 339 g/mol. The summed E-state index contributed by atoms with van der Waals surface area (Å²) < 4.78 is 5.13. The fourth-order valence-corrected chi connectivity index (χ4v) is 4.64. The van der Waals surface area contributed by atoms with Crippen molar-refractivity contribution in [2.24, 2.45) is 5.92 Å². The standard InChI is InChI=1S/C17H22ClNO2S/c1-21-17(20)16-14(11-2-4-12(18)5-3-11)10-13-6-7-15(16)19(13)8-9-22/h2-5,13-16,22H,6-10H2,1H3. The number of hydrogen-bond donors (Lipinski definition) is 1. The van der Waals surface area contributed by atoms with Gasteiger partial charge in [0.05, 0.1) is 13.0 Å². The van der Waals surface area contributed by atoms with Crippen LogP contribution < -0.4 is 0 Å². The Morgan fingerprint density at radius 2 is 2.09 bits per heavy atom. The number of hydrogen-bond acceptors (Lipinski definition) is 4. The second-order valence-electron chi connectivity index (χ2n) is 6.20. The zero-order chi connectivity index (χ0) is 15.7. The van der Waals surface area contributed by atoms with Gasteiger partial charge in [-0.2, -0.15) is 12.6 Å². The number of ether oxygens (including phenoxy) is 1. The molecule has 4 atom stereocenters. The van der Waals surface area contributed by atoms with Gasteiger partial charge < -0.3 is 4.74 Å². The van der Waals surface area contributed by atoms with Crippen LogP contribution in [0.4, 0.5) is 0 Å². The number of thiol groups is 1. The van der Waals surface area contributed by atoms with E-state index in [1.807, 2.05) is 12.1 Å². The van der Waals surface area contributed by atoms with Crippen LogP contribution in [0.3, 0.4) is 0 Å². The van der Waals surface area contributed by atoms with Crippen LogP contribution in [0.1, 0.15) is 30.7 Å². The van der Waals surface area contributed by atoms with Crippen molar-refractivity contribution >= 4 is 30.2 Å². The Morgan fingerprint density at radius 1 is 1.36 bits per heavy atom. The first kappa shape index (κ1) is 16.2. The Kier molecular flexibility index (Phi) is 5.00. The first-order valence-corrected chi connectivity index (χ1v) is 8.86. The Morgan fingerprint density at radius 3 is 2.73 bits per heavy atom. The molecule has 0 N–H and O–H groups in total. The lowest BCUT2D eigenvalue weighted by Crippen LogP contribution is -2.51. The summed E-state index contributed by atoms with van der Waals surface area (Å²) in [7, 11) is 1.49. The van der Waals surface area contributed by atoms with E-state index in [-0.39, 0.29) is 23.8 Å². The van der Waals surface area contributed by atoms with Gasteiger partial charge in [-0.05, 0) is 37.0 Å². The lowest BCUT2D eigenvalue weighted by Gasteiger charge is -2.43. The molecule has 0 amide bonds. The second kappa shape index (κ2) is 6.81. The molecule has 2 bridgehead atoms. The van der Waals surface area contributed by atoms with Crippen LogP contribution in [0.2, 0.25) is 5.02 Å². The highest BCUT2D eigenvalue weighted by molar-refractivity contribution is 7.80. The molecule has 1 aromatic rings. The summed E-state index contributed by atoms with van der Waals surface area (Å²) in [6, 6.07) is 8.76. The van der Waals surface area contributed by atoms with Gasteiger partial charge in [-0.1, -0.05) is 23.7 Å². The van der Waals surface area contributed by atoms with Gasteiger partial charge in [0.15, 0.2) is 0 Å². The van der Waals surface area contributed by atoms with Gasteiger partial charge in [-0.3, -0.25) is 9.69 Å². The SMILES string of the molecule is COC(=O)C1C(c2ccc(Cl)cc2)CC2CCC1N2CCS. The molecule has 5 heteroatoms. The van der Waals surface area contributed by atoms with Crippen LogP contribution in [0, 0.1) is 5.92 Å². The quantitative estimate of drug-likeness (QED) is 0.673. The van der Waals surface area contributed by atoms with Gasteiger partial charge in [-0.25, -0.2) is 0 Å². The Labute approximate surface area is 142 Å². The molecular weight excluding hydrogens is 318 g/mol. The fraction of sp³-hybridized carbons (Fsp3) is 0.588. The molecule has 2 heterocycles. The van der Waals surface area contributed by atoms with E-state index in [0.29, 0.717) is 6.04 Å². The number of nitrogens with zero attached hydrogens (tertiary/aromatic N) is 1.